The van der Waals surface area contributed by atoms with Crippen molar-refractivity contribution in [3.63, 3.8) is 0 Å². The molecule has 3 rings (SSSR count). The van der Waals surface area contributed by atoms with Crippen LogP contribution in [0.4, 0.5) is 10.6 Å². The first kappa shape index (κ1) is 15.6. The number of hydrogen-bond acceptors (Lipinski definition) is 3. The van der Waals surface area contributed by atoms with Crippen LogP contribution < -0.4 is 10.6 Å². The molecular weight excluding hydrogens is 292 g/mol. The molecule has 0 bridgehead atoms. The van der Waals surface area contributed by atoms with Crippen LogP contribution in [0.3, 0.4) is 0 Å². The molecule has 0 aliphatic heterocycles. The van der Waals surface area contributed by atoms with Gasteiger partial charge in [0, 0.05) is 19.0 Å². The Morgan fingerprint density at radius 1 is 1.39 bits per heavy atom. The van der Waals surface area contributed by atoms with Crippen LogP contribution in [0.1, 0.15) is 36.9 Å². The van der Waals surface area contributed by atoms with Crippen LogP contribution in [-0.4, -0.2) is 27.0 Å². The fourth-order valence-corrected chi connectivity index (χ4v) is 2.97. The van der Waals surface area contributed by atoms with Gasteiger partial charge in [-0.25, -0.2) is 9.48 Å². The molecule has 2 amide bonds. The Morgan fingerprint density at radius 3 is 3.04 bits per heavy atom. The summed E-state index contributed by atoms with van der Waals surface area (Å²) < 4.78 is 1.78. The minimum absolute atomic E-state index is 0.330. The van der Waals surface area contributed by atoms with Gasteiger partial charge in [0.2, 0.25) is 0 Å². The summed E-state index contributed by atoms with van der Waals surface area (Å²) in [5.41, 5.74) is 2.06. The molecule has 1 aliphatic carbocycles. The highest BCUT2D eigenvalue weighted by atomic mass is 16.3. The average molecular weight is 314 g/mol. The van der Waals surface area contributed by atoms with E-state index >= 15 is 0 Å². The van der Waals surface area contributed by atoms with E-state index in [2.05, 4.69) is 22.7 Å². The van der Waals surface area contributed by atoms with Gasteiger partial charge < -0.3 is 10.4 Å². The van der Waals surface area contributed by atoms with Crippen molar-refractivity contribution in [1.82, 2.24) is 15.1 Å². The molecule has 0 fully saturated rings. The Morgan fingerprint density at radius 2 is 2.22 bits per heavy atom. The second-order valence-electron chi connectivity index (χ2n) is 5.84. The van der Waals surface area contributed by atoms with Crippen molar-refractivity contribution in [2.45, 2.75) is 44.9 Å². The van der Waals surface area contributed by atoms with E-state index < -0.39 is 6.10 Å². The number of aromatic nitrogens is 2. The maximum Gasteiger partial charge on any atom is 0.320 e. The molecule has 23 heavy (non-hydrogen) atoms. The highest BCUT2D eigenvalue weighted by Gasteiger charge is 2.31. The predicted octanol–water partition coefficient (Wildman–Crippen LogP) is 2.46. The van der Waals surface area contributed by atoms with Crippen molar-refractivity contribution in [2.75, 3.05) is 5.32 Å². The van der Waals surface area contributed by atoms with Gasteiger partial charge in [-0.2, -0.15) is 5.10 Å². The average Bonchev–Trinajstić information content (AvgIpc) is 3.10. The number of benzene rings is 1. The van der Waals surface area contributed by atoms with Gasteiger partial charge in [0.05, 0.1) is 18.3 Å². The number of nitrogens with one attached hydrogen (secondary N) is 2. The van der Waals surface area contributed by atoms with E-state index in [9.17, 15) is 9.90 Å². The topological polar surface area (TPSA) is 79.2 Å². The third kappa shape index (κ3) is 3.37. The SMILES string of the molecule is CCCCn1nccc1NC(=O)N[C@H]1c2ccccc2C[C@H]1O. The number of aliphatic hydroxyl groups excluding tert-OH is 1. The van der Waals surface area contributed by atoms with Crippen LogP contribution >= 0.6 is 0 Å². The van der Waals surface area contributed by atoms with Crippen LogP contribution in [0.2, 0.25) is 0 Å². The fraction of sp³-hybridized carbons (Fsp3) is 0.412. The van der Waals surface area contributed by atoms with Crippen molar-refractivity contribution in [1.29, 1.82) is 0 Å². The lowest BCUT2D eigenvalue weighted by Crippen LogP contribution is -2.37. The lowest BCUT2D eigenvalue weighted by Gasteiger charge is -2.18. The van der Waals surface area contributed by atoms with E-state index in [0.717, 1.165) is 30.5 Å². The zero-order valence-electron chi connectivity index (χ0n) is 13.2. The summed E-state index contributed by atoms with van der Waals surface area (Å²) in [4.78, 5) is 12.3. The van der Waals surface area contributed by atoms with Crippen molar-refractivity contribution in [2.24, 2.45) is 0 Å². The van der Waals surface area contributed by atoms with Crippen molar-refractivity contribution in [3.8, 4) is 0 Å². The molecule has 0 spiro atoms. The molecular formula is C17H22N4O2. The molecule has 0 unspecified atom stereocenters. The van der Waals surface area contributed by atoms with Gasteiger partial charge in [-0.3, -0.25) is 5.32 Å². The molecule has 3 N–H and O–H groups in total. The molecule has 1 heterocycles. The van der Waals surface area contributed by atoms with E-state index in [0.29, 0.717) is 12.2 Å². The molecule has 1 aliphatic rings. The number of carbonyl (C=O) groups excluding carboxylic acids is 1. The first-order chi connectivity index (χ1) is 11.2. The van der Waals surface area contributed by atoms with Gasteiger partial charge in [0.15, 0.2) is 0 Å². The van der Waals surface area contributed by atoms with Gasteiger partial charge in [-0.1, -0.05) is 37.6 Å². The van der Waals surface area contributed by atoms with Gasteiger partial charge in [-0.05, 0) is 17.5 Å². The maximum atomic E-state index is 12.3. The maximum absolute atomic E-state index is 12.3. The first-order valence-corrected chi connectivity index (χ1v) is 8.04. The molecule has 0 saturated heterocycles. The second kappa shape index (κ2) is 6.83. The quantitative estimate of drug-likeness (QED) is 0.793. The number of fused-ring (bicyclic) bond motifs is 1. The minimum Gasteiger partial charge on any atom is -0.390 e. The summed E-state index contributed by atoms with van der Waals surface area (Å²) in [7, 11) is 0. The van der Waals surface area contributed by atoms with E-state index in [-0.39, 0.29) is 12.1 Å². The van der Waals surface area contributed by atoms with Crippen LogP contribution in [0.5, 0.6) is 0 Å². The van der Waals surface area contributed by atoms with E-state index in [1.807, 2.05) is 24.3 Å². The third-order valence-corrected chi connectivity index (χ3v) is 4.17. The third-order valence-electron chi connectivity index (χ3n) is 4.17. The van der Waals surface area contributed by atoms with Crippen molar-refractivity contribution < 1.29 is 9.90 Å². The highest BCUT2D eigenvalue weighted by molar-refractivity contribution is 5.88. The summed E-state index contributed by atoms with van der Waals surface area (Å²) in [6, 6.07) is 8.86. The van der Waals surface area contributed by atoms with Crippen molar-refractivity contribution in [3.05, 3.63) is 47.7 Å². The van der Waals surface area contributed by atoms with Crippen LogP contribution in [0.15, 0.2) is 36.5 Å². The molecule has 1 aromatic carbocycles. The number of aryl methyl sites for hydroxylation is 1. The van der Waals surface area contributed by atoms with Gasteiger partial charge in [0.25, 0.3) is 0 Å². The number of rotatable bonds is 5. The Labute approximate surface area is 135 Å². The predicted molar refractivity (Wildman–Crippen MR) is 88.2 cm³/mol. The Balaban J connectivity index is 1.65. The molecule has 1 aromatic heterocycles. The van der Waals surface area contributed by atoms with Gasteiger partial charge >= 0.3 is 6.03 Å². The normalized spacial score (nSPS) is 19.4. The summed E-state index contributed by atoms with van der Waals surface area (Å²) >= 11 is 0. The summed E-state index contributed by atoms with van der Waals surface area (Å²) in [6.45, 7) is 2.89. The minimum atomic E-state index is -0.594. The van der Waals surface area contributed by atoms with Gasteiger partial charge in [0.1, 0.15) is 5.82 Å². The second-order valence-corrected chi connectivity index (χ2v) is 5.84. The van der Waals surface area contributed by atoms with Crippen molar-refractivity contribution >= 4 is 11.8 Å². The Bertz CT molecular complexity index is 683. The summed E-state index contributed by atoms with van der Waals surface area (Å²) in [5, 5.41) is 20.1. The zero-order valence-corrected chi connectivity index (χ0v) is 13.2. The highest BCUT2D eigenvalue weighted by Crippen LogP contribution is 2.31. The number of nitrogens with zero attached hydrogens (tertiary/aromatic N) is 2. The van der Waals surface area contributed by atoms with E-state index in [1.54, 1.807) is 16.9 Å². The largest absolute Gasteiger partial charge is 0.390 e. The van der Waals surface area contributed by atoms with Crippen LogP contribution in [0.25, 0.3) is 0 Å². The smallest absolute Gasteiger partial charge is 0.320 e. The van der Waals surface area contributed by atoms with Crippen LogP contribution in [-0.2, 0) is 13.0 Å². The molecule has 6 nitrogen and oxygen atoms in total. The summed E-state index contributed by atoms with van der Waals surface area (Å²) in [5.74, 6) is 0.664. The monoisotopic (exact) mass is 314 g/mol. The number of unbranched alkanes of at least 4 members (excludes halogenated alkanes) is 1. The lowest BCUT2D eigenvalue weighted by atomic mass is 10.1. The van der Waals surface area contributed by atoms with E-state index in [1.165, 1.54) is 0 Å². The lowest BCUT2D eigenvalue weighted by molar-refractivity contribution is 0.144. The standard InChI is InChI=1S/C17H22N4O2/c1-2-3-10-21-15(8-9-18-21)19-17(23)20-16-13-7-5-4-6-12(13)11-14(16)22/h4-9,14,16,22H,2-3,10-11H2,1H3,(H2,19,20,23)/t14-,16+/m1/s1. The summed E-state index contributed by atoms with van der Waals surface area (Å²) in [6.07, 6.45) is 3.72. The molecule has 122 valence electrons. The Kier molecular flexibility index (Phi) is 4.62. The first-order valence-electron chi connectivity index (χ1n) is 8.04. The number of carbonyl (C=O) groups is 1. The zero-order chi connectivity index (χ0) is 16.2. The molecule has 6 heteroatoms. The number of amides is 2. The Hall–Kier alpha value is -2.34. The van der Waals surface area contributed by atoms with Gasteiger partial charge in [-0.15, -0.1) is 0 Å². The fourth-order valence-electron chi connectivity index (χ4n) is 2.97. The van der Waals surface area contributed by atoms with Crippen LogP contribution in [0, 0.1) is 0 Å². The molecule has 2 atom stereocenters. The van der Waals surface area contributed by atoms with E-state index in [4.69, 9.17) is 0 Å². The molecule has 2 aromatic rings. The molecule has 0 radical (unpaired) electrons. The number of hydrogen-bond donors (Lipinski definition) is 3. The number of urea groups is 1. The number of anilines is 1. The molecule has 0 saturated carbocycles. The number of aliphatic hydroxyl groups is 1.